The minimum absolute atomic E-state index is 0.206. The standard InChI is InChI=1S/C14H22N2O2S/c1-10(2)19(17,18)7-6-16-5-4-12-8-11(3)13(15)9-14(12)16/h8-10H,4-7,15H2,1-3H3. The summed E-state index contributed by atoms with van der Waals surface area (Å²) in [6.07, 6.45) is 0.970. The van der Waals surface area contributed by atoms with Gasteiger partial charge in [0.05, 0.1) is 11.0 Å². The molecule has 2 N–H and O–H groups in total. The number of nitrogens with two attached hydrogens (primary N) is 1. The van der Waals surface area contributed by atoms with Gasteiger partial charge in [-0.1, -0.05) is 6.07 Å². The zero-order chi connectivity index (χ0) is 14.2. The Kier molecular flexibility index (Phi) is 3.76. The van der Waals surface area contributed by atoms with E-state index in [1.807, 2.05) is 13.0 Å². The highest BCUT2D eigenvalue weighted by Crippen LogP contribution is 2.31. The maximum Gasteiger partial charge on any atom is 0.154 e. The number of fused-ring (bicyclic) bond motifs is 1. The smallest absolute Gasteiger partial charge is 0.154 e. The molecule has 0 radical (unpaired) electrons. The van der Waals surface area contributed by atoms with E-state index >= 15 is 0 Å². The number of sulfone groups is 1. The Morgan fingerprint density at radius 2 is 2.05 bits per heavy atom. The molecule has 0 spiro atoms. The lowest BCUT2D eigenvalue weighted by atomic mass is 10.1. The molecule has 0 atom stereocenters. The van der Waals surface area contributed by atoms with Crippen molar-refractivity contribution in [2.45, 2.75) is 32.4 Å². The largest absolute Gasteiger partial charge is 0.398 e. The predicted octanol–water partition coefficient (Wildman–Crippen LogP) is 1.76. The van der Waals surface area contributed by atoms with Crippen molar-refractivity contribution in [1.29, 1.82) is 0 Å². The van der Waals surface area contributed by atoms with E-state index in [1.165, 1.54) is 5.56 Å². The third-order valence-corrected chi connectivity index (χ3v) is 6.01. The van der Waals surface area contributed by atoms with Crippen LogP contribution in [-0.4, -0.2) is 32.5 Å². The number of benzene rings is 1. The summed E-state index contributed by atoms with van der Waals surface area (Å²) in [5.74, 6) is 0.206. The van der Waals surface area contributed by atoms with Crippen molar-refractivity contribution >= 4 is 21.2 Å². The summed E-state index contributed by atoms with van der Waals surface area (Å²) in [7, 11) is -2.98. The van der Waals surface area contributed by atoms with Crippen LogP contribution in [0.25, 0.3) is 0 Å². The Morgan fingerprint density at radius 3 is 2.68 bits per heavy atom. The lowest BCUT2D eigenvalue weighted by molar-refractivity contribution is 0.586. The van der Waals surface area contributed by atoms with Crippen molar-refractivity contribution in [2.75, 3.05) is 29.5 Å². The summed E-state index contributed by atoms with van der Waals surface area (Å²) in [5.41, 5.74) is 10.2. The second-order valence-corrected chi connectivity index (χ2v) is 8.17. The number of rotatable bonds is 4. The van der Waals surface area contributed by atoms with Gasteiger partial charge in [-0.3, -0.25) is 0 Å². The molecule has 0 fully saturated rings. The maximum atomic E-state index is 11.9. The number of aryl methyl sites for hydroxylation is 1. The molecular weight excluding hydrogens is 260 g/mol. The van der Waals surface area contributed by atoms with Crippen LogP contribution >= 0.6 is 0 Å². The van der Waals surface area contributed by atoms with Gasteiger partial charge in [-0.05, 0) is 44.4 Å². The molecule has 4 nitrogen and oxygen atoms in total. The van der Waals surface area contributed by atoms with Crippen LogP contribution in [0.3, 0.4) is 0 Å². The molecule has 0 saturated carbocycles. The SMILES string of the molecule is Cc1cc2c(cc1N)N(CCS(=O)(=O)C(C)C)CC2. The molecule has 1 aliphatic heterocycles. The predicted molar refractivity (Wildman–Crippen MR) is 80.4 cm³/mol. The first-order valence-electron chi connectivity index (χ1n) is 6.67. The number of anilines is 2. The molecule has 1 aromatic rings. The lowest BCUT2D eigenvalue weighted by Gasteiger charge is -2.20. The first-order valence-corrected chi connectivity index (χ1v) is 8.38. The van der Waals surface area contributed by atoms with E-state index in [9.17, 15) is 8.42 Å². The summed E-state index contributed by atoms with van der Waals surface area (Å²) in [6, 6.07) is 4.08. The van der Waals surface area contributed by atoms with Crippen molar-refractivity contribution in [3.63, 3.8) is 0 Å². The Hall–Kier alpha value is -1.23. The second kappa shape index (κ2) is 5.04. The van der Waals surface area contributed by atoms with Gasteiger partial charge in [0.2, 0.25) is 0 Å². The van der Waals surface area contributed by atoms with Gasteiger partial charge >= 0.3 is 0 Å². The highest BCUT2D eigenvalue weighted by molar-refractivity contribution is 7.92. The van der Waals surface area contributed by atoms with Gasteiger partial charge in [-0.2, -0.15) is 0 Å². The van der Waals surface area contributed by atoms with Gasteiger partial charge in [-0.25, -0.2) is 8.42 Å². The fraction of sp³-hybridized carbons (Fsp3) is 0.571. The minimum Gasteiger partial charge on any atom is -0.398 e. The lowest BCUT2D eigenvalue weighted by Crippen LogP contribution is -2.30. The van der Waals surface area contributed by atoms with Gasteiger partial charge in [0.25, 0.3) is 0 Å². The second-order valence-electron chi connectivity index (χ2n) is 5.49. The summed E-state index contributed by atoms with van der Waals surface area (Å²) in [6.45, 7) is 6.90. The van der Waals surface area contributed by atoms with Gasteiger partial charge in [0.1, 0.15) is 0 Å². The normalized spacial score (nSPS) is 15.1. The van der Waals surface area contributed by atoms with Crippen LogP contribution in [0.1, 0.15) is 25.0 Å². The van der Waals surface area contributed by atoms with Crippen molar-refractivity contribution in [2.24, 2.45) is 0 Å². The molecule has 2 rings (SSSR count). The van der Waals surface area contributed by atoms with Gasteiger partial charge < -0.3 is 10.6 Å². The summed E-state index contributed by atoms with van der Waals surface area (Å²) < 4.78 is 23.7. The zero-order valence-corrected chi connectivity index (χ0v) is 12.6. The first-order chi connectivity index (χ1) is 8.81. The molecule has 106 valence electrons. The molecular formula is C14H22N2O2S. The highest BCUT2D eigenvalue weighted by atomic mass is 32.2. The van der Waals surface area contributed by atoms with Crippen molar-refractivity contribution in [1.82, 2.24) is 0 Å². The molecule has 0 saturated heterocycles. The Morgan fingerprint density at radius 1 is 1.37 bits per heavy atom. The Labute approximate surface area is 115 Å². The Bertz CT molecular complexity index is 579. The van der Waals surface area contributed by atoms with E-state index in [-0.39, 0.29) is 11.0 Å². The molecule has 0 amide bonds. The van der Waals surface area contributed by atoms with Crippen LogP contribution in [-0.2, 0) is 16.3 Å². The van der Waals surface area contributed by atoms with E-state index in [2.05, 4.69) is 11.0 Å². The monoisotopic (exact) mass is 282 g/mol. The Balaban J connectivity index is 2.13. The van der Waals surface area contributed by atoms with Crippen LogP contribution in [0.5, 0.6) is 0 Å². The summed E-state index contributed by atoms with van der Waals surface area (Å²) >= 11 is 0. The van der Waals surface area contributed by atoms with Gasteiger partial charge in [0, 0.05) is 24.5 Å². The van der Waals surface area contributed by atoms with Crippen LogP contribution in [0.15, 0.2) is 12.1 Å². The van der Waals surface area contributed by atoms with E-state index in [1.54, 1.807) is 13.8 Å². The molecule has 5 heteroatoms. The zero-order valence-electron chi connectivity index (χ0n) is 11.8. The van der Waals surface area contributed by atoms with Crippen LogP contribution in [0.2, 0.25) is 0 Å². The molecule has 1 aromatic carbocycles. The topological polar surface area (TPSA) is 63.4 Å². The first kappa shape index (κ1) is 14.2. The van der Waals surface area contributed by atoms with Crippen LogP contribution in [0.4, 0.5) is 11.4 Å². The number of nitrogens with zero attached hydrogens (tertiary/aromatic N) is 1. The van der Waals surface area contributed by atoms with E-state index < -0.39 is 9.84 Å². The molecule has 0 unspecified atom stereocenters. The number of hydrogen-bond acceptors (Lipinski definition) is 4. The fourth-order valence-corrected chi connectivity index (χ4v) is 3.29. The molecule has 0 aliphatic carbocycles. The number of hydrogen-bond donors (Lipinski definition) is 1. The third kappa shape index (κ3) is 2.86. The summed E-state index contributed by atoms with van der Waals surface area (Å²) in [5, 5.41) is -0.308. The minimum atomic E-state index is -2.98. The highest BCUT2D eigenvalue weighted by Gasteiger charge is 2.23. The quantitative estimate of drug-likeness (QED) is 0.855. The number of nitrogen functional groups attached to an aromatic ring is 1. The fourth-order valence-electron chi connectivity index (χ4n) is 2.35. The molecule has 1 heterocycles. The van der Waals surface area contributed by atoms with E-state index in [0.717, 1.165) is 29.9 Å². The molecule has 19 heavy (non-hydrogen) atoms. The van der Waals surface area contributed by atoms with Crippen molar-refractivity contribution in [3.05, 3.63) is 23.3 Å². The van der Waals surface area contributed by atoms with Crippen molar-refractivity contribution in [3.8, 4) is 0 Å². The summed E-state index contributed by atoms with van der Waals surface area (Å²) in [4.78, 5) is 2.13. The average molecular weight is 282 g/mol. The average Bonchev–Trinajstić information content (AvgIpc) is 2.69. The maximum absolute atomic E-state index is 11.9. The molecule has 0 bridgehead atoms. The van der Waals surface area contributed by atoms with Crippen molar-refractivity contribution < 1.29 is 8.42 Å². The van der Waals surface area contributed by atoms with E-state index in [4.69, 9.17) is 5.73 Å². The van der Waals surface area contributed by atoms with Gasteiger partial charge in [0.15, 0.2) is 9.84 Å². The van der Waals surface area contributed by atoms with Crippen LogP contribution in [0, 0.1) is 6.92 Å². The molecule has 1 aliphatic rings. The third-order valence-electron chi connectivity index (χ3n) is 3.82. The van der Waals surface area contributed by atoms with E-state index in [0.29, 0.717) is 6.54 Å². The molecule has 0 aromatic heterocycles. The van der Waals surface area contributed by atoms with Gasteiger partial charge in [-0.15, -0.1) is 0 Å². The van der Waals surface area contributed by atoms with Crippen LogP contribution < -0.4 is 10.6 Å².